The predicted octanol–water partition coefficient (Wildman–Crippen LogP) is 4.87. The number of nitrogens with one attached hydrogen (secondary N) is 2. The largest absolute Gasteiger partial charge is 0.361 e. The molecule has 0 unspecified atom stereocenters. The van der Waals surface area contributed by atoms with Crippen LogP contribution in [-0.4, -0.2) is 25.7 Å². The molecule has 0 atom stereocenters. The van der Waals surface area contributed by atoms with Crippen LogP contribution in [0.15, 0.2) is 42.7 Å². The number of H-pyrrole nitrogens is 1. The number of rotatable bonds is 4. The molecule has 3 heterocycles. The Labute approximate surface area is 157 Å². The maximum atomic E-state index is 13.1. The van der Waals surface area contributed by atoms with E-state index >= 15 is 0 Å². The average molecular weight is 361 g/mol. The van der Waals surface area contributed by atoms with Crippen molar-refractivity contribution in [2.75, 3.05) is 5.32 Å². The normalized spacial score (nSPS) is 11.8. The van der Waals surface area contributed by atoms with Gasteiger partial charge in [0.2, 0.25) is 0 Å². The minimum Gasteiger partial charge on any atom is -0.361 e. The second-order valence-corrected chi connectivity index (χ2v) is 7.40. The van der Waals surface area contributed by atoms with E-state index in [9.17, 15) is 4.79 Å². The van der Waals surface area contributed by atoms with E-state index in [4.69, 9.17) is 4.98 Å². The Morgan fingerprint density at radius 2 is 1.96 bits per heavy atom. The number of aromatic nitrogens is 4. The number of nitrogens with zero attached hydrogens (tertiary/aromatic N) is 3. The molecule has 0 saturated carbocycles. The Morgan fingerprint density at radius 3 is 2.70 bits per heavy atom. The lowest BCUT2D eigenvalue weighted by Crippen LogP contribution is -2.14. The van der Waals surface area contributed by atoms with Gasteiger partial charge in [-0.05, 0) is 49.4 Å². The number of benzene rings is 1. The van der Waals surface area contributed by atoms with Crippen molar-refractivity contribution in [2.45, 2.75) is 39.7 Å². The summed E-state index contributed by atoms with van der Waals surface area (Å²) in [6.45, 7) is 8.26. The second-order valence-electron chi connectivity index (χ2n) is 7.40. The molecule has 2 N–H and O–H groups in total. The average Bonchev–Trinajstić information content (AvgIpc) is 3.26. The number of carbonyl (C=O) groups excluding carboxylic acids is 1. The van der Waals surface area contributed by atoms with Crippen molar-refractivity contribution in [2.24, 2.45) is 0 Å². The highest BCUT2D eigenvalue weighted by molar-refractivity contribution is 6.12. The maximum absolute atomic E-state index is 13.1. The topological polar surface area (TPSA) is 75.6 Å². The van der Waals surface area contributed by atoms with Crippen molar-refractivity contribution < 1.29 is 4.79 Å². The zero-order chi connectivity index (χ0) is 19.1. The third kappa shape index (κ3) is 3.07. The molecular formula is C21H23N5O. The lowest BCUT2D eigenvalue weighted by molar-refractivity contribution is 0.102. The maximum Gasteiger partial charge on any atom is 0.256 e. The fourth-order valence-corrected chi connectivity index (χ4v) is 3.22. The molecule has 0 spiro atoms. The van der Waals surface area contributed by atoms with E-state index in [2.05, 4.69) is 43.1 Å². The van der Waals surface area contributed by atoms with Crippen LogP contribution in [0.25, 0.3) is 21.9 Å². The quantitative estimate of drug-likeness (QED) is 0.544. The van der Waals surface area contributed by atoms with E-state index < -0.39 is 0 Å². The van der Waals surface area contributed by atoms with Gasteiger partial charge in [-0.25, -0.2) is 9.67 Å². The number of hydrogen-bond acceptors (Lipinski definition) is 3. The molecule has 1 aromatic carbocycles. The molecule has 0 fully saturated rings. The van der Waals surface area contributed by atoms with Crippen molar-refractivity contribution >= 4 is 33.5 Å². The summed E-state index contributed by atoms with van der Waals surface area (Å²) in [7, 11) is 0. The van der Waals surface area contributed by atoms with Gasteiger partial charge in [-0.1, -0.05) is 19.9 Å². The number of aromatic amines is 1. The zero-order valence-electron chi connectivity index (χ0n) is 15.9. The zero-order valence-corrected chi connectivity index (χ0v) is 15.9. The highest BCUT2D eigenvalue weighted by atomic mass is 16.1. The van der Waals surface area contributed by atoms with Gasteiger partial charge >= 0.3 is 0 Å². The Bertz CT molecular complexity index is 1140. The van der Waals surface area contributed by atoms with E-state index in [0.29, 0.717) is 5.56 Å². The summed E-state index contributed by atoms with van der Waals surface area (Å²) in [6, 6.07) is 9.88. The Morgan fingerprint density at radius 1 is 1.15 bits per heavy atom. The molecule has 138 valence electrons. The van der Waals surface area contributed by atoms with Crippen molar-refractivity contribution in [3.63, 3.8) is 0 Å². The monoisotopic (exact) mass is 361 g/mol. The van der Waals surface area contributed by atoms with Gasteiger partial charge in [0.25, 0.3) is 5.91 Å². The molecule has 3 aromatic heterocycles. The second kappa shape index (κ2) is 6.54. The van der Waals surface area contributed by atoms with Gasteiger partial charge < -0.3 is 10.3 Å². The van der Waals surface area contributed by atoms with Crippen LogP contribution in [0.2, 0.25) is 0 Å². The molecule has 0 saturated heterocycles. The van der Waals surface area contributed by atoms with Crippen molar-refractivity contribution in [3.05, 3.63) is 54.0 Å². The summed E-state index contributed by atoms with van der Waals surface area (Å²) < 4.78 is 1.86. The summed E-state index contributed by atoms with van der Waals surface area (Å²) in [5.74, 6) is 0.0604. The molecule has 4 aromatic rings. The molecule has 0 aliphatic carbocycles. The molecule has 6 heteroatoms. The fraction of sp³-hybridized carbons (Fsp3) is 0.286. The van der Waals surface area contributed by atoms with Gasteiger partial charge in [-0.2, -0.15) is 5.10 Å². The van der Waals surface area contributed by atoms with Crippen molar-refractivity contribution in [1.29, 1.82) is 0 Å². The van der Waals surface area contributed by atoms with Crippen LogP contribution in [0.3, 0.4) is 0 Å². The van der Waals surface area contributed by atoms with Gasteiger partial charge in [0.15, 0.2) is 5.65 Å². The first-order valence-corrected chi connectivity index (χ1v) is 9.20. The van der Waals surface area contributed by atoms with Gasteiger partial charge in [0, 0.05) is 29.1 Å². The van der Waals surface area contributed by atoms with Crippen LogP contribution in [-0.2, 0) is 0 Å². The van der Waals surface area contributed by atoms with Crippen molar-refractivity contribution in [3.8, 4) is 0 Å². The van der Waals surface area contributed by atoms with E-state index in [1.165, 1.54) is 0 Å². The highest BCUT2D eigenvalue weighted by Gasteiger charge is 2.19. The standard InChI is InChI=1S/C21H23N5O/c1-12(2)18-10-16(17-11-23-26(13(3)4)20(17)25-18)21(27)24-15-6-5-14-7-8-22-19(14)9-15/h5-13,22H,1-4H3,(H,24,27). The number of fused-ring (bicyclic) bond motifs is 2. The minimum atomic E-state index is -0.154. The van der Waals surface area contributed by atoms with Gasteiger partial charge in [-0.15, -0.1) is 0 Å². The van der Waals surface area contributed by atoms with Crippen LogP contribution in [0.1, 0.15) is 55.7 Å². The van der Waals surface area contributed by atoms with E-state index in [0.717, 1.165) is 33.3 Å². The molecule has 4 rings (SSSR count). The van der Waals surface area contributed by atoms with E-state index in [1.54, 1.807) is 6.20 Å². The third-order valence-electron chi connectivity index (χ3n) is 4.72. The predicted molar refractivity (Wildman–Crippen MR) is 108 cm³/mol. The number of amides is 1. The molecule has 0 aliphatic heterocycles. The molecular weight excluding hydrogens is 338 g/mol. The fourth-order valence-electron chi connectivity index (χ4n) is 3.22. The number of carbonyl (C=O) groups is 1. The molecule has 0 aliphatic rings. The third-order valence-corrected chi connectivity index (χ3v) is 4.72. The summed E-state index contributed by atoms with van der Waals surface area (Å²) >= 11 is 0. The first-order chi connectivity index (χ1) is 12.9. The lowest BCUT2D eigenvalue weighted by Gasteiger charge is -2.12. The summed E-state index contributed by atoms with van der Waals surface area (Å²) in [6.07, 6.45) is 3.62. The number of pyridine rings is 1. The van der Waals surface area contributed by atoms with Crippen LogP contribution in [0.5, 0.6) is 0 Å². The van der Waals surface area contributed by atoms with Gasteiger partial charge in [0.05, 0.1) is 17.1 Å². The molecule has 0 bridgehead atoms. The number of anilines is 1. The molecule has 27 heavy (non-hydrogen) atoms. The smallest absolute Gasteiger partial charge is 0.256 e. The van der Waals surface area contributed by atoms with Gasteiger partial charge in [0.1, 0.15) is 0 Å². The summed E-state index contributed by atoms with van der Waals surface area (Å²) in [5.41, 5.74) is 3.98. The first kappa shape index (κ1) is 17.3. The van der Waals surface area contributed by atoms with Gasteiger partial charge in [-0.3, -0.25) is 4.79 Å². The van der Waals surface area contributed by atoms with Crippen LogP contribution < -0.4 is 5.32 Å². The highest BCUT2D eigenvalue weighted by Crippen LogP contribution is 2.26. The van der Waals surface area contributed by atoms with Crippen LogP contribution >= 0.6 is 0 Å². The van der Waals surface area contributed by atoms with E-state index in [1.807, 2.05) is 41.2 Å². The Hall–Kier alpha value is -3.15. The lowest BCUT2D eigenvalue weighted by atomic mass is 10.0. The SMILES string of the molecule is CC(C)c1cc(C(=O)Nc2ccc3cc[nH]c3c2)c2cnn(C(C)C)c2n1. The number of hydrogen-bond donors (Lipinski definition) is 2. The summed E-state index contributed by atoms with van der Waals surface area (Å²) in [4.78, 5) is 21.0. The Balaban J connectivity index is 1.77. The summed E-state index contributed by atoms with van der Waals surface area (Å²) in [5, 5.41) is 9.34. The van der Waals surface area contributed by atoms with E-state index in [-0.39, 0.29) is 17.9 Å². The molecule has 6 nitrogen and oxygen atoms in total. The minimum absolute atomic E-state index is 0.154. The molecule has 0 radical (unpaired) electrons. The first-order valence-electron chi connectivity index (χ1n) is 9.20. The van der Waals surface area contributed by atoms with Crippen LogP contribution in [0, 0.1) is 0 Å². The van der Waals surface area contributed by atoms with Crippen LogP contribution in [0.4, 0.5) is 5.69 Å². The molecule has 1 amide bonds. The van der Waals surface area contributed by atoms with Crippen molar-refractivity contribution in [1.82, 2.24) is 19.7 Å². The Kier molecular flexibility index (Phi) is 4.18.